The molecule has 0 spiro atoms. The van der Waals surface area contributed by atoms with Gasteiger partial charge in [-0.2, -0.15) is 8.42 Å². The van der Waals surface area contributed by atoms with E-state index in [4.69, 9.17) is 20.5 Å². The molecule has 8 nitrogen and oxygen atoms in total. The molecule has 18 heavy (non-hydrogen) atoms. The third-order valence-electron chi connectivity index (χ3n) is 1.96. The van der Waals surface area contributed by atoms with Crippen molar-refractivity contribution >= 4 is 10.4 Å². The van der Waals surface area contributed by atoms with Crippen LogP contribution < -0.4 is 5.73 Å². The van der Waals surface area contributed by atoms with E-state index in [-0.39, 0.29) is 19.3 Å². The standard InChI is InChI=1S/C7H18N2O2.C2H6O4S/c1-3-6(8)9(4-2)5-7(10)11;1-2-6-7(3,4)5/h6-7,10-11H,3-5,8H2,1-2H3;2H2,1H3,(H,3,4,5). The summed E-state index contributed by atoms with van der Waals surface area (Å²) in [4.78, 5) is 1.82. The summed E-state index contributed by atoms with van der Waals surface area (Å²) in [5.41, 5.74) is 5.68. The fourth-order valence-electron chi connectivity index (χ4n) is 1.12. The lowest BCUT2D eigenvalue weighted by Crippen LogP contribution is -2.45. The minimum atomic E-state index is -4.17. The molecule has 0 saturated carbocycles. The van der Waals surface area contributed by atoms with Crippen LogP contribution in [0, 0.1) is 0 Å². The van der Waals surface area contributed by atoms with Crippen molar-refractivity contribution in [3.8, 4) is 0 Å². The van der Waals surface area contributed by atoms with Gasteiger partial charge in [-0.15, -0.1) is 0 Å². The Morgan fingerprint density at radius 2 is 1.78 bits per heavy atom. The Balaban J connectivity index is 0. The summed E-state index contributed by atoms with van der Waals surface area (Å²) >= 11 is 0. The van der Waals surface area contributed by atoms with E-state index in [0.29, 0.717) is 0 Å². The molecule has 0 aliphatic rings. The molecule has 1 unspecified atom stereocenters. The zero-order valence-corrected chi connectivity index (χ0v) is 11.8. The van der Waals surface area contributed by atoms with Crippen LogP contribution in [0.3, 0.4) is 0 Å². The highest BCUT2D eigenvalue weighted by molar-refractivity contribution is 7.80. The van der Waals surface area contributed by atoms with Crippen molar-refractivity contribution in [1.29, 1.82) is 0 Å². The van der Waals surface area contributed by atoms with Crippen molar-refractivity contribution in [3.63, 3.8) is 0 Å². The Bertz CT molecular complexity index is 283. The van der Waals surface area contributed by atoms with Gasteiger partial charge in [0.25, 0.3) is 0 Å². The first-order chi connectivity index (χ1) is 8.17. The Labute approximate surface area is 108 Å². The lowest BCUT2D eigenvalue weighted by molar-refractivity contribution is -0.0672. The summed E-state index contributed by atoms with van der Waals surface area (Å²) in [6, 6.07) is 0. The summed E-state index contributed by atoms with van der Waals surface area (Å²) in [7, 11) is -4.17. The number of likely N-dealkylation sites (N-methyl/N-ethyl adjacent to an activating group) is 1. The summed E-state index contributed by atoms with van der Waals surface area (Å²) in [5, 5.41) is 17.3. The van der Waals surface area contributed by atoms with E-state index in [1.807, 2.05) is 18.7 Å². The Kier molecular flexibility index (Phi) is 11.8. The largest absolute Gasteiger partial charge is 0.397 e. The van der Waals surface area contributed by atoms with Crippen LogP contribution in [0.5, 0.6) is 0 Å². The molecule has 0 rings (SSSR count). The predicted molar refractivity (Wildman–Crippen MR) is 66.9 cm³/mol. The second-order valence-corrected chi connectivity index (χ2v) is 4.47. The second kappa shape index (κ2) is 10.6. The Morgan fingerprint density at radius 3 is 1.94 bits per heavy atom. The Morgan fingerprint density at radius 1 is 1.28 bits per heavy atom. The highest BCUT2D eigenvalue weighted by Crippen LogP contribution is 1.97. The van der Waals surface area contributed by atoms with Crippen LogP contribution in [-0.4, -0.2) is 60.2 Å². The summed E-state index contributed by atoms with van der Waals surface area (Å²) in [6.45, 7) is 6.32. The van der Waals surface area contributed by atoms with Crippen LogP contribution in [0.25, 0.3) is 0 Å². The number of hydrogen-bond acceptors (Lipinski definition) is 7. The topological polar surface area (TPSA) is 133 Å². The summed E-state index contributed by atoms with van der Waals surface area (Å²) in [6.07, 6.45) is -0.532. The molecule has 0 aromatic rings. The molecule has 0 radical (unpaired) electrons. The number of hydrogen-bond donors (Lipinski definition) is 4. The van der Waals surface area contributed by atoms with Gasteiger partial charge < -0.3 is 15.9 Å². The van der Waals surface area contributed by atoms with Gasteiger partial charge in [-0.05, 0) is 19.9 Å². The number of nitrogens with two attached hydrogens (primary N) is 1. The average molecular weight is 288 g/mol. The van der Waals surface area contributed by atoms with Gasteiger partial charge in [0, 0.05) is 0 Å². The molecule has 0 aliphatic carbocycles. The quantitative estimate of drug-likeness (QED) is 0.351. The van der Waals surface area contributed by atoms with Gasteiger partial charge in [-0.3, -0.25) is 9.45 Å². The molecule has 0 fully saturated rings. The van der Waals surface area contributed by atoms with Gasteiger partial charge in [-0.25, -0.2) is 4.18 Å². The normalized spacial score (nSPS) is 13.4. The summed E-state index contributed by atoms with van der Waals surface area (Å²) < 4.78 is 30.7. The first kappa shape index (κ1) is 20.0. The van der Waals surface area contributed by atoms with E-state index in [2.05, 4.69) is 4.18 Å². The van der Waals surface area contributed by atoms with E-state index >= 15 is 0 Å². The average Bonchev–Trinajstić information content (AvgIpc) is 2.23. The second-order valence-electron chi connectivity index (χ2n) is 3.38. The van der Waals surface area contributed by atoms with Crippen molar-refractivity contribution in [3.05, 3.63) is 0 Å². The lowest BCUT2D eigenvalue weighted by atomic mass is 10.3. The van der Waals surface area contributed by atoms with Gasteiger partial charge in [0.1, 0.15) is 0 Å². The molecular formula is C9H24N2O6S. The van der Waals surface area contributed by atoms with Gasteiger partial charge in [-0.1, -0.05) is 13.8 Å². The van der Waals surface area contributed by atoms with E-state index in [0.717, 1.165) is 13.0 Å². The number of nitrogens with zero attached hydrogens (tertiary/aromatic N) is 1. The minimum absolute atomic E-state index is 0.0289. The predicted octanol–water partition coefficient (Wildman–Crippen LogP) is -0.860. The maximum atomic E-state index is 9.56. The van der Waals surface area contributed by atoms with Crippen LogP contribution >= 0.6 is 0 Å². The molecule has 5 N–H and O–H groups in total. The molecule has 9 heteroatoms. The third-order valence-corrected chi connectivity index (χ3v) is 2.49. The van der Waals surface area contributed by atoms with E-state index in [1.165, 1.54) is 6.92 Å². The van der Waals surface area contributed by atoms with Crippen molar-refractivity contribution in [2.75, 3.05) is 19.7 Å². The van der Waals surface area contributed by atoms with Crippen LogP contribution in [0.4, 0.5) is 0 Å². The van der Waals surface area contributed by atoms with Crippen LogP contribution in [0.2, 0.25) is 0 Å². The van der Waals surface area contributed by atoms with Gasteiger partial charge in [0.2, 0.25) is 0 Å². The van der Waals surface area contributed by atoms with Crippen LogP contribution in [0.15, 0.2) is 0 Å². The molecule has 112 valence electrons. The highest BCUT2D eigenvalue weighted by atomic mass is 32.3. The SMILES string of the molecule is CCC(N)N(CC)CC(O)O.CCOS(=O)(=O)O. The molecule has 0 saturated heterocycles. The zero-order chi connectivity index (χ0) is 14.8. The molecule has 0 amide bonds. The first-order valence-corrected chi connectivity index (χ1v) is 7.01. The van der Waals surface area contributed by atoms with E-state index in [1.54, 1.807) is 0 Å². The van der Waals surface area contributed by atoms with Crippen molar-refractivity contribution in [2.45, 2.75) is 39.6 Å². The van der Waals surface area contributed by atoms with Crippen LogP contribution in [-0.2, 0) is 14.6 Å². The van der Waals surface area contributed by atoms with Crippen LogP contribution in [0.1, 0.15) is 27.2 Å². The maximum absolute atomic E-state index is 9.56. The van der Waals surface area contributed by atoms with Crippen molar-refractivity contribution in [2.24, 2.45) is 5.73 Å². The molecule has 0 heterocycles. The molecule has 0 aromatic heterocycles. The maximum Gasteiger partial charge on any atom is 0.397 e. The minimum Gasteiger partial charge on any atom is -0.367 e. The smallest absolute Gasteiger partial charge is 0.367 e. The number of aliphatic hydroxyl groups excluding tert-OH is 1. The number of aliphatic hydroxyl groups is 2. The van der Waals surface area contributed by atoms with E-state index in [9.17, 15) is 8.42 Å². The number of rotatable bonds is 7. The first-order valence-electron chi connectivity index (χ1n) is 5.65. The molecule has 1 atom stereocenters. The fraction of sp³-hybridized carbons (Fsp3) is 1.00. The third kappa shape index (κ3) is 13.8. The van der Waals surface area contributed by atoms with Gasteiger partial charge >= 0.3 is 10.4 Å². The van der Waals surface area contributed by atoms with Crippen molar-refractivity contribution < 1.29 is 27.4 Å². The lowest BCUT2D eigenvalue weighted by Gasteiger charge is -2.26. The summed E-state index contributed by atoms with van der Waals surface area (Å²) in [5.74, 6) is 0. The molecule has 0 aliphatic heterocycles. The Hall–Kier alpha value is -0.290. The zero-order valence-electron chi connectivity index (χ0n) is 11.0. The highest BCUT2D eigenvalue weighted by Gasteiger charge is 2.12. The molecular weight excluding hydrogens is 264 g/mol. The fourth-order valence-corrected chi connectivity index (χ4v) is 1.41. The monoisotopic (exact) mass is 288 g/mol. The van der Waals surface area contributed by atoms with Gasteiger partial charge in [0.05, 0.1) is 19.3 Å². The van der Waals surface area contributed by atoms with Gasteiger partial charge in [0.15, 0.2) is 6.29 Å². The van der Waals surface area contributed by atoms with Crippen molar-refractivity contribution in [1.82, 2.24) is 4.90 Å². The molecule has 0 bridgehead atoms. The van der Waals surface area contributed by atoms with E-state index < -0.39 is 16.7 Å². The molecule has 0 aromatic carbocycles.